The summed E-state index contributed by atoms with van der Waals surface area (Å²) in [7, 11) is 1.29. The number of nitrogens with two attached hydrogens (primary N) is 1. The van der Waals surface area contributed by atoms with Crippen molar-refractivity contribution >= 4 is 61.3 Å². The summed E-state index contributed by atoms with van der Waals surface area (Å²) in [6.07, 6.45) is 0. The molecule has 1 atom stereocenters. The molecule has 0 amide bonds. The van der Waals surface area contributed by atoms with Crippen molar-refractivity contribution in [3.05, 3.63) is 57.4 Å². The van der Waals surface area contributed by atoms with Gasteiger partial charge in [0.2, 0.25) is 0 Å². The van der Waals surface area contributed by atoms with Crippen LogP contribution in [0.1, 0.15) is 25.3 Å². The zero-order chi connectivity index (χ0) is 20.7. The van der Waals surface area contributed by atoms with Gasteiger partial charge in [-0.3, -0.25) is 0 Å². The Morgan fingerprint density at radius 1 is 1.21 bits per heavy atom. The third-order valence-electron chi connectivity index (χ3n) is 4.27. The van der Waals surface area contributed by atoms with Gasteiger partial charge in [-0.1, -0.05) is 29.8 Å². The Morgan fingerprint density at radius 3 is 2.48 bits per heavy atom. The van der Waals surface area contributed by atoms with Gasteiger partial charge in [0, 0.05) is 17.3 Å². The van der Waals surface area contributed by atoms with Gasteiger partial charge in [-0.15, -0.1) is 0 Å². The summed E-state index contributed by atoms with van der Waals surface area (Å²) < 4.78 is 15.8. The second kappa shape index (κ2) is 12.6. The van der Waals surface area contributed by atoms with Crippen molar-refractivity contribution in [2.75, 3.05) is 33.5 Å². The number of carbonyl (C=O) groups is 2. The summed E-state index contributed by atoms with van der Waals surface area (Å²) in [6, 6.07) is 7.05. The Bertz CT molecular complexity index is 810. The van der Waals surface area contributed by atoms with Gasteiger partial charge in [-0.2, -0.15) is 0 Å². The predicted octanol–water partition coefficient (Wildman–Crippen LogP) is 1.35. The Labute approximate surface area is 205 Å². The third-order valence-corrected chi connectivity index (χ3v) is 4.61. The number of benzene rings is 1. The average molecular weight is 451 g/mol. The van der Waals surface area contributed by atoms with Crippen molar-refractivity contribution in [1.82, 2.24) is 5.32 Å². The van der Waals surface area contributed by atoms with E-state index in [1.165, 1.54) is 7.11 Å². The summed E-state index contributed by atoms with van der Waals surface area (Å²) >= 11 is 6.42. The van der Waals surface area contributed by atoms with Crippen molar-refractivity contribution in [2.24, 2.45) is 5.73 Å². The number of hydrogen-bond acceptors (Lipinski definition) is 7. The average Bonchev–Trinajstić information content (AvgIpc) is 2.67. The molecule has 3 N–H and O–H groups in total. The number of halogens is 1. The Balaban J connectivity index is 0.00000420. The van der Waals surface area contributed by atoms with Crippen LogP contribution in [0.25, 0.3) is 0 Å². The van der Waals surface area contributed by atoms with Crippen molar-refractivity contribution in [3.63, 3.8) is 0 Å². The summed E-state index contributed by atoms with van der Waals surface area (Å²) in [5.41, 5.74) is 7.70. The van der Waals surface area contributed by atoms with Gasteiger partial charge < -0.3 is 25.3 Å². The summed E-state index contributed by atoms with van der Waals surface area (Å²) in [5, 5.41) is 3.52. The fourth-order valence-electron chi connectivity index (χ4n) is 3.12. The molecule has 0 radical (unpaired) electrons. The normalized spacial score (nSPS) is 16.1. The van der Waals surface area contributed by atoms with Crippen molar-refractivity contribution in [3.8, 4) is 0 Å². The van der Waals surface area contributed by atoms with Crippen LogP contribution >= 0.6 is 11.6 Å². The van der Waals surface area contributed by atoms with Crippen molar-refractivity contribution < 1.29 is 23.8 Å². The topological polar surface area (TPSA) is 99.9 Å². The fourth-order valence-corrected chi connectivity index (χ4v) is 3.36. The molecule has 1 heterocycles. The van der Waals surface area contributed by atoms with Crippen LogP contribution < -0.4 is 11.1 Å². The van der Waals surface area contributed by atoms with E-state index in [-0.39, 0.29) is 56.5 Å². The van der Waals surface area contributed by atoms with Crippen molar-refractivity contribution in [2.45, 2.75) is 19.8 Å². The van der Waals surface area contributed by atoms with E-state index in [0.717, 1.165) is 0 Å². The van der Waals surface area contributed by atoms with Crippen LogP contribution in [-0.4, -0.2) is 83.2 Å². The van der Waals surface area contributed by atoms with E-state index >= 15 is 0 Å². The van der Waals surface area contributed by atoms with E-state index in [9.17, 15) is 9.59 Å². The number of esters is 2. The minimum absolute atomic E-state index is 0. The van der Waals surface area contributed by atoms with E-state index in [1.54, 1.807) is 38.1 Å². The number of methoxy groups -OCH3 is 1. The number of hydrogen-bond donors (Lipinski definition) is 2. The molecule has 156 valence electrons. The fraction of sp³-hybridized carbons (Fsp3) is 0.400. The molecule has 0 saturated heterocycles. The zero-order valence-electron chi connectivity index (χ0n) is 16.2. The molecule has 7 nitrogen and oxygen atoms in total. The quantitative estimate of drug-likeness (QED) is 0.350. The molecule has 1 unspecified atom stereocenters. The van der Waals surface area contributed by atoms with Gasteiger partial charge in [0.15, 0.2) is 0 Å². The zero-order valence-corrected chi connectivity index (χ0v) is 17.0. The first-order valence-electron chi connectivity index (χ1n) is 8.94. The molecule has 0 saturated carbocycles. The molecule has 1 aliphatic rings. The van der Waals surface area contributed by atoms with Crippen LogP contribution in [0.2, 0.25) is 5.02 Å². The van der Waals surface area contributed by atoms with Gasteiger partial charge in [-0.05, 0) is 25.5 Å². The van der Waals surface area contributed by atoms with Crippen LogP contribution in [0.3, 0.4) is 0 Å². The summed E-state index contributed by atoms with van der Waals surface area (Å²) in [4.78, 5) is 25.5. The Morgan fingerprint density at radius 2 is 1.90 bits per heavy atom. The number of ether oxygens (including phenoxy) is 3. The molecular weight excluding hydrogens is 424 g/mol. The second-order valence-electron chi connectivity index (χ2n) is 6.06. The monoisotopic (exact) mass is 450 g/mol. The first-order valence-corrected chi connectivity index (χ1v) is 9.32. The van der Waals surface area contributed by atoms with Crippen LogP contribution in [0, 0.1) is 0 Å². The van der Waals surface area contributed by atoms with Crippen LogP contribution in [0.4, 0.5) is 0 Å². The summed E-state index contributed by atoms with van der Waals surface area (Å²) in [6.45, 7) is 4.42. The molecule has 29 heavy (non-hydrogen) atoms. The summed E-state index contributed by atoms with van der Waals surface area (Å²) in [5.74, 6) is -1.86. The molecule has 1 aromatic rings. The van der Waals surface area contributed by atoms with E-state index in [4.69, 9.17) is 31.5 Å². The number of carbonyl (C=O) groups excluding carboxylic acids is 2. The number of allylic oxidation sites excluding steroid dienone is 1. The Hall–Kier alpha value is -1.09. The molecule has 1 aliphatic heterocycles. The minimum atomic E-state index is -0.752. The van der Waals surface area contributed by atoms with Crippen LogP contribution in [-0.2, 0) is 23.8 Å². The number of rotatable bonds is 8. The first-order chi connectivity index (χ1) is 13.5. The van der Waals surface area contributed by atoms with E-state index < -0.39 is 17.9 Å². The van der Waals surface area contributed by atoms with Gasteiger partial charge >= 0.3 is 49.7 Å². The molecule has 0 spiro atoms. The van der Waals surface area contributed by atoms with Gasteiger partial charge in [-0.25, -0.2) is 9.59 Å². The van der Waals surface area contributed by atoms with Crippen molar-refractivity contribution in [1.29, 1.82) is 0 Å². The SMILES string of the molecule is CCOC(=O)C1=C(COCCN)NC(C)=C(C(=O)OC)C1c1ccccc1Cl.[CaH2]. The maximum atomic E-state index is 12.9. The number of dihydropyridines is 1. The molecule has 2 rings (SSSR count). The van der Waals surface area contributed by atoms with Gasteiger partial charge in [0.25, 0.3) is 0 Å². The molecule has 0 fully saturated rings. The predicted molar refractivity (Wildman–Crippen MR) is 114 cm³/mol. The van der Waals surface area contributed by atoms with E-state index in [0.29, 0.717) is 40.7 Å². The molecule has 0 aliphatic carbocycles. The molecule has 1 aromatic carbocycles. The van der Waals surface area contributed by atoms with E-state index in [1.807, 2.05) is 0 Å². The van der Waals surface area contributed by atoms with Gasteiger partial charge in [0.05, 0.1) is 49.7 Å². The maximum absolute atomic E-state index is 12.9. The molecule has 0 bridgehead atoms. The van der Waals surface area contributed by atoms with Crippen LogP contribution in [0.15, 0.2) is 46.8 Å². The third kappa shape index (κ3) is 6.20. The first kappa shape index (κ1) is 25.9. The molecule has 9 heteroatoms. The molecule has 0 aromatic heterocycles. The standard InChI is InChI=1S/C20H25ClN2O5.Ca.2H/c1-4-28-20(25)18-15(11-27-10-9-22)23-12(2)16(19(24)26-3)17(18)13-7-5-6-8-14(13)21;;;/h5-8,17,23H,4,9-11,22H2,1-3H3;;;. The molecular formula is C20H27CaClN2O5. The Kier molecular flexibility index (Phi) is 11.2. The number of nitrogens with one attached hydrogen (secondary N) is 1. The second-order valence-corrected chi connectivity index (χ2v) is 6.47. The van der Waals surface area contributed by atoms with Crippen LogP contribution in [0.5, 0.6) is 0 Å². The van der Waals surface area contributed by atoms with Gasteiger partial charge in [0.1, 0.15) is 0 Å². The van der Waals surface area contributed by atoms with E-state index in [2.05, 4.69) is 5.32 Å².